The van der Waals surface area contributed by atoms with Gasteiger partial charge in [-0.25, -0.2) is 4.98 Å². The first-order valence-electron chi connectivity index (χ1n) is 9.79. The van der Waals surface area contributed by atoms with Crippen LogP contribution in [-0.4, -0.2) is 30.2 Å². The number of nitrogens with zero attached hydrogens (tertiary/aromatic N) is 1. The second kappa shape index (κ2) is 8.49. The number of carbonyl (C=O) groups is 1. The van der Waals surface area contributed by atoms with Gasteiger partial charge in [-0.15, -0.1) is 0 Å². The summed E-state index contributed by atoms with van der Waals surface area (Å²) in [6, 6.07) is 14.6. The van der Waals surface area contributed by atoms with Crippen molar-refractivity contribution in [3.05, 3.63) is 65.5 Å². The minimum atomic E-state index is -0.187. The molecule has 0 spiro atoms. The Hall–Kier alpha value is -3.12. The molecule has 0 aliphatic carbocycles. The Morgan fingerprint density at radius 3 is 2.72 bits per heavy atom. The number of nitrogens with one attached hydrogen (secondary N) is 1. The van der Waals surface area contributed by atoms with E-state index in [2.05, 4.69) is 10.3 Å². The number of ether oxygens (including phenoxy) is 2. The Bertz CT molecular complexity index is 969. The number of hydrogen-bond donors (Lipinski definition) is 1. The van der Waals surface area contributed by atoms with Crippen LogP contribution in [0.3, 0.4) is 0 Å². The average Bonchev–Trinajstić information content (AvgIpc) is 3.37. The van der Waals surface area contributed by atoms with Gasteiger partial charge < -0.3 is 19.2 Å². The third-order valence-electron chi connectivity index (χ3n) is 4.97. The molecule has 1 atom stereocenters. The van der Waals surface area contributed by atoms with Crippen LogP contribution in [0.2, 0.25) is 0 Å². The summed E-state index contributed by atoms with van der Waals surface area (Å²) in [6.45, 7) is 5.13. The minimum absolute atomic E-state index is 0.168. The molecule has 1 N–H and O–H groups in total. The van der Waals surface area contributed by atoms with Crippen LogP contribution in [0.1, 0.15) is 34.7 Å². The van der Waals surface area contributed by atoms with Crippen molar-refractivity contribution in [2.75, 3.05) is 18.5 Å². The van der Waals surface area contributed by atoms with Crippen molar-refractivity contribution >= 4 is 11.6 Å². The predicted molar refractivity (Wildman–Crippen MR) is 110 cm³/mol. The van der Waals surface area contributed by atoms with E-state index in [0.29, 0.717) is 23.7 Å². The zero-order valence-electron chi connectivity index (χ0n) is 16.6. The molecule has 1 fully saturated rings. The topological polar surface area (TPSA) is 73.6 Å². The molecule has 1 aromatic heterocycles. The molecular weight excluding hydrogens is 368 g/mol. The summed E-state index contributed by atoms with van der Waals surface area (Å²) in [5.74, 6) is 1.88. The van der Waals surface area contributed by atoms with E-state index in [1.54, 1.807) is 24.3 Å². The van der Waals surface area contributed by atoms with Crippen molar-refractivity contribution in [1.82, 2.24) is 4.98 Å². The molecule has 1 amide bonds. The molecular formula is C23H24N2O4. The van der Waals surface area contributed by atoms with E-state index in [9.17, 15) is 4.79 Å². The molecule has 6 heteroatoms. The Balaban J connectivity index is 1.39. The maximum absolute atomic E-state index is 12.6. The lowest BCUT2D eigenvalue weighted by atomic mass is 10.1. The van der Waals surface area contributed by atoms with Gasteiger partial charge in [0, 0.05) is 23.4 Å². The standard InChI is InChI=1S/C23H24N2O4/c1-15-16(2)29-23(24-15)18-5-3-6-19(13-18)25-22(26)17-8-10-20(11-9-17)28-14-21-7-4-12-27-21/h3,5-6,8-11,13,21H,4,7,12,14H2,1-2H3,(H,25,26). The zero-order valence-corrected chi connectivity index (χ0v) is 16.6. The molecule has 29 heavy (non-hydrogen) atoms. The predicted octanol–water partition coefficient (Wildman–Crippen LogP) is 4.77. The van der Waals surface area contributed by atoms with Crippen LogP contribution < -0.4 is 10.1 Å². The lowest BCUT2D eigenvalue weighted by Crippen LogP contribution is -2.16. The van der Waals surface area contributed by atoms with E-state index in [1.165, 1.54) is 0 Å². The van der Waals surface area contributed by atoms with Gasteiger partial charge in [-0.3, -0.25) is 4.79 Å². The second-order valence-electron chi connectivity index (χ2n) is 7.17. The molecule has 1 aliphatic heterocycles. The number of amides is 1. The van der Waals surface area contributed by atoms with Crippen LogP contribution >= 0.6 is 0 Å². The molecule has 0 bridgehead atoms. The van der Waals surface area contributed by atoms with Gasteiger partial charge in [0.25, 0.3) is 5.91 Å². The fourth-order valence-corrected chi connectivity index (χ4v) is 3.20. The molecule has 1 aliphatic rings. The fourth-order valence-electron chi connectivity index (χ4n) is 3.20. The molecule has 4 rings (SSSR count). The van der Waals surface area contributed by atoms with Crippen LogP contribution in [-0.2, 0) is 4.74 Å². The van der Waals surface area contributed by atoms with Crippen molar-refractivity contribution < 1.29 is 18.7 Å². The molecule has 2 heterocycles. The lowest BCUT2D eigenvalue weighted by Gasteiger charge is -2.12. The van der Waals surface area contributed by atoms with E-state index in [4.69, 9.17) is 13.9 Å². The first-order valence-corrected chi connectivity index (χ1v) is 9.79. The summed E-state index contributed by atoms with van der Waals surface area (Å²) in [5, 5.41) is 2.92. The molecule has 2 aromatic carbocycles. The maximum Gasteiger partial charge on any atom is 0.255 e. The van der Waals surface area contributed by atoms with Gasteiger partial charge in [0.05, 0.1) is 11.8 Å². The van der Waals surface area contributed by atoms with Crippen molar-refractivity contribution in [2.24, 2.45) is 0 Å². The number of rotatable bonds is 6. The Kier molecular flexibility index (Phi) is 5.62. The monoisotopic (exact) mass is 392 g/mol. The number of benzene rings is 2. The van der Waals surface area contributed by atoms with E-state index < -0.39 is 0 Å². The number of aryl methyl sites for hydroxylation is 2. The van der Waals surface area contributed by atoms with E-state index >= 15 is 0 Å². The van der Waals surface area contributed by atoms with Crippen LogP contribution in [0, 0.1) is 13.8 Å². The summed E-state index contributed by atoms with van der Waals surface area (Å²) in [4.78, 5) is 17.0. The number of oxazole rings is 1. The van der Waals surface area contributed by atoms with Crippen molar-refractivity contribution in [3.63, 3.8) is 0 Å². The largest absolute Gasteiger partial charge is 0.491 e. The quantitative estimate of drug-likeness (QED) is 0.654. The van der Waals surface area contributed by atoms with Crippen molar-refractivity contribution in [1.29, 1.82) is 0 Å². The normalized spacial score (nSPS) is 16.0. The number of hydrogen-bond acceptors (Lipinski definition) is 5. The first kappa shape index (κ1) is 19.2. The van der Waals surface area contributed by atoms with Crippen LogP contribution in [0.15, 0.2) is 52.9 Å². The lowest BCUT2D eigenvalue weighted by molar-refractivity contribution is 0.0679. The van der Waals surface area contributed by atoms with Crippen LogP contribution in [0.4, 0.5) is 5.69 Å². The van der Waals surface area contributed by atoms with E-state index in [1.807, 2.05) is 38.1 Å². The highest BCUT2D eigenvalue weighted by molar-refractivity contribution is 6.04. The molecule has 3 aromatic rings. The van der Waals surface area contributed by atoms with Gasteiger partial charge in [0.15, 0.2) is 0 Å². The van der Waals surface area contributed by atoms with Crippen molar-refractivity contribution in [2.45, 2.75) is 32.8 Å². The number of carbonyl (C=O) groups excluding carboxylic acids is 1. The third-order valence-corrected chi connectivity index (χ3v) is 4.97. The van der Waals surface area contributed by atoms with Gasteiger partial charge in [-0.2, -0.15) is 0 Å². The first-order chi connectivity index (χ1) is 14.1. The van der Waals surface area contributed by atoms with E-state index in [0.717, 1.165) is 42.2 Å². The number of anilines is 1. The minimum Gasteiger partial charge on any atom is -0.491 e. The molecule has 0 radical (unpaired) electrons. The highest BCUT2D eigenvalue weighted by atomic mass is 16.5. The van der Waals surface area contributed by atoms with Gasteiger partial charge in [-0.05, 0) is 69.2 Å². The molecule has 150 valence electrons. The summed E-state index contributed by atoms with van der Waals surface area (Å²) in [7, 11) is 0. The summed E-state index contributed by atoms with van der Waals surface area (Å²) < 4.78 is 17.0. The highest BCUT2D eigenvalue weighted by Crippen LogP contribution is 2.24. The molecule has 0 saturated carbocycles. The van der Waals surface area contributed by atoms with Gasteiger partial charge in [0.1, 0.15) is 18.1 Å². The highest BCUT2D eigenvalue weighted by Gasteiger charge is 2.16. The maximum atomic E-state index is 12.6. The van der Waals surface area contributed by atoms with Crippen molar-refractivity contribution in [3.8, 4) is 17.2 Å². The smallest absolute Gasteiger partial charge is 0.255 e. The summed E-state index contributed by atoms with van der Waals surface area (Å²) in [5.41, 5.74) is 2.91. The summed E-state index contributed by atoms with van der Waals surface area (Å²) in [6.07, 6.45) is 2.29. The zero-order chi connectivity index (χ0) is 20.2. The SMILES string of the molecule is Cc1nc(-c2cccc(NC(=O)c3ccc(OCC4CCCO4)cc3)c2)oc1C. The molecule has 1 unspecified atom stereocenters. The Labute approximate surface area is 169 Å². The summed E-state index contributed by atoms with van der Waals surface area (Å²) >= 11 is 0. The molecule has 6 nitrogen and oxygen atoms in total. The number of aromatic nitrogens is 1. The fraction of sp³-hybridized carbons (Fsp3) is 0.304. The Morgan fingerprint density at radius 1 is 1.21 bits per heavy atom. The Morgan fingerprint density at radius 2 is 2.03 bits per heavy atom. The van der Waals surface area contributed by atoms with Crippen LogP contribution in [0.25, 0.3) is 11.5 Å². The second-order valence-corrected chi connectivity index (χ2v) is 7.17. The third kappa shape index (κ3) is 4.66. The van der Waals surface area contributed by atoms with Gasteiger partial charge >= 0.3 is 0 Å². The van der Waals surface area contributed by atoms with Gasteiger partial charge in [-0.1, -0.05) is 6.07 Å². The molecule has 1 saturated heterocycles. The van der Waals surface area contributed by atoms with Gasteiger partial charge in [0.2, 0.25) is 5.89 Å². The van der Waals surface area contributed by atoms with E-state index in [-0.39, 0.29) is 12.0 Å². The van der Waals surface area contributed by atoms with Crippen LogP contribution in [0.5, 0.6) is 5.75 Å². The average molecular weight is 392 g/mol.